The molecule has 43 heavy (non-hydrogen) atoms. The van der Waals surface area contributed by atoms with Gasteiger partial charge in [-0.05, 0) is 73.9 Å². The van der Waals surface area contributed by atoms with Gasteiger partial charge in [0.05, 0.1) is 10.6 Å². The summed E-state index contributed by atoms with van der Waals surface area (Å²) in [5, 5.41) is 3.36. The molecule has 0 saturated heterocycles. The Labute approximate surface area is 259 Å². The highest BCUT2D eigenvalue weighted by Gasteiger charge is 2.34. The molecule has 0 unspecified atom stereocenters. The number of carbonyl (C=O) groups is 2. The van der Waals surface area contributed by atoms with E-state index in [0.29, 0.717) is 10.7 Å². The zero-order valence-corrected chi connectivity index (χ0v) is 26.1. The Balaban J connectivity index is 1.79. The van der Waals surface area contributed by atoms with Gasteiger partial charge in [0, 0.05) is 24.0 Å². The number of benzene rings is 4. The molecule has 4 aromatic carbocycles. The van der Waals surface area contributed by atoms with E-state index >= 15 is 0 Å². The van der Waals surface area contributed by atoms with Crippen molar-refractivity contribution in [1.29, 1.82) is 0 Å². The molecule has 224 valence electrons. The number of hydrogen-bond acceptors (Lipinski definition) is 4. The van der Waals surface area contributed by atoms with Crippen molar-refractivity contribution in [3.05, 3.63) is 131 Å². The Bertz CT molecular complexity index is 1630. The molecule has 0 aliphatic heterocycles. The highest BCUT2D eigenvalue weighted by molar-refractivity contribution is 7.92. The third kappa shape index (κ3) is 8.46. The van der Waals surface area contributed by atoms with Crippen LogP contribution in [0.4, 0.5) is 5.69 Å². The Morgan fingerprint density at radius 1 is 0.814 bits per heavy atom. The fourth-order valence-electron chi connectivity index (χ4n) is 4.76. The van der Waals surface area contributed by atoms with Crippen LogP contribution in [-0.2, 0) is 32.6 Å². The zero-order valence-electron chi connectivity index (χ0n) is 24.5. The van der Waals surface area contributed by atoms with Crippen molar-refractivity contribution >= 4 is 39.1 Å². The lowest BCUT2D eigenvalue weighted by Crippen LogP contribution is -2.54. The first-order valence-corrected chi connectivity index (χ1v) is 15.9. The quantitative estimate of drug-likeness (QED) is 0.211. The highest BCUT2D eigenvalue weighted by atomic mass is 35.5. The summed E-state index contributed by atoms with van der Waals surface area (Å²) < 4.78 is 29.2. The number of rotatable bonds is 12. The number of anilines is 1. The second kappa shape index (κ2) is 14.4. The number of aryl methyl sites for hydroxylation is 1. The minimum Gasteiger partial charge on any atom is -0.352 e. The maximum Gasteiger partial charge on any atom is 0.264 e. The predicted octanol–water partition coefficient (Wildman–Crippen LogP) is 6.01. The summed E-state index contributed by atoms with van der Waals surface area (Å²) in [4.78, 5) is 29.6. The molecule has 0 saturated carbocycles. The molecule has 4 aromatic rings. The van der Waals surface area contributed by atoms with Gasteiger partial charge in [0.25, 0.3) is 10.0 Å². The lowest BCUT2D eigenvalue weighted by molar-refractivity contribution is -0.140. The van der Waals surface area contributed by atoms with Crippen molar-refractivity contribution in [3.63, 3.8) is 0 Å². The maximum atomic E-state index is 14.4. The van der Waals surface area contributed by atoms with Gasteiger partial charge in [-0.2, -0.15) is 0 Å². The SMILES string of the molecule is Cc1cccc(N(CC(=O)N(Cc2ccccc2)[C@H](Cc2ccccc2)C(=O)NC(C)C)S(=O)(=O)c2ccc(Cl)cc2)c1. The molecule has 0 heterocycles. The highest BCUT2D eigenvalue weighted by Crippen LogP contribution is 2.26. The second-order valence-corrected chi connectivity index (χ2v) is 13.0. The standard InChI is InChI=1S/C34H36ClN3O4S/c1-25(2)36-34(40)32(22-27-12-6-4-7-13-27)37(23-28-14-8-5-9-15-28)33(39)24-38(30-16-10-11-26(3)21-30)43(41,42)31-19-17-29(35)18-20-31/h4-21,25,32H,22-24H2,1-3H3,(H,36,40)/t32-/m1/s1. The molecule has 0 aromatic heterocycles. The normalized spacial score (nSPS) is 12.0. The van der Waals surface area contributed by atoms with Gasteiger partial charge >= 0.3 is 0 Å². The van der Waals surface area contributed by atoms with Crippen LogP contribution in [0, 0.1) is 6.92 Å². The first kappa shape index (κ1) is 31.8. The summed E-state index contributed by atoms with van der Waals surface area (Å²) in [7, 11) is -4.19. The van der Waals surface area contributed by atoms with Crippen molar-refractivity contribution in [2.45, 2.75) is 50.7 Å². The van der Waals surface area contributed by atoms with Crippen LogP contribution in [0.5, 0.6) is 0 Å². The first-order chi connectivity index (χ1) is 20.5. The largest absolute Gasteiger partial charge is 0.352 e. The summed E-state index contributed by atoms with van der Waals surface area (Å²) >= 11 is 6.04. The summed E-state index contributed by atoms with van der Waals surface area (Å²) in [6.45, 7) is 5.18. The third-order valence-corrected chi connectivity index (χ3v) is 8.91. The molecular formula is C34H36ClN3O4S. The minimum atomic E-state index is -4.19. The van der Waals surface area contributed by atoms with E-state index < -0.39 is 28.5 Å². The summed E-state index contributed by atoms with van der Waals surface area (Å²) in [5.74, 6) is -0.825. The lowest BCUT2D eigenvalue weighted by Gasteiger charge is -2.34. The molecule has 0 bridgehead atoms. The van der Waals surface area contributed by atoms with Crippen LogP contribution >= 0.6 is 11.6 Å². The molecule has 1 N–H and O–H groups in total. The summed E-state index contributed by atoms with van der Waals surface area (Å²) in [6.07, 6.45) is 0.256. The molecule has 7 nitrogen and oxygen atoms in total. The van der Waals surface area contributed by atoms with Gasteiger partial charge in [0.2, 0.25) is 11.8 Å². The van der Waals surface area contributed by atoms with E-state index in [2.05, 4.69) is 5.32 Å². The van der Waals surface area contributed by atoms with Gasteiger partial charge in [-0.25, -0.2) is 8.42 Å². The number of halogens is 1. The van der Waals surface area contributed by atoms with E-state index in [4.69, 9.17) is 11.6 Å². The second-order valence-electron chi connectivity index (χ2n) is 10.7. The minimum absolute atomic E-state index is 0.000739. The Kier molecular flexibility index (Phi) is 10.6. The third-order valence-electron chi connectivity index (χ3n) is 6.87. The van der Waals surface area contributed by atoms with Crippen molar-refractivity contribution in [1.82, 2.24) is 10.2 Å². The molecule has 2 amide bonds. The smallest absolute Gasteiger partial charge is 0.264 e. The van der Waals surface area contributed by atoms with Crippen LogP contribution in [0.3, 0.4) is 0 Å². The van der Waals surface area contributed by atoms with Crippen molar-refractivity contribution < 1.29 is 18.0 Å². The van der Waals surface area contributed by atoms with E-state index in [1.807, 2.05) is 87.5 Å². The van der Waals surface area contributed by atoms with Crippen molar-refractivity contribution in [2.75, 3.05) is 10.8 Å². The lowest BCUT2D eigenvalue weighted by atomic mass is 10.0. The van der Waals surface area contributed by atoms with E-state index in [9.17, 15) is 18.0 Å². The Morgan fingerprint density at radius 3 is 2.00 bits per heavy atom. The Hall–Kier alpha value is -4.14. The topological polar surface area (TPSA) is 86.8 Å². The molecule has 9 heteroatoms. The number of nitrogens with zero attached hydrogens (tertiary/aromatic N) is 2. The average molecular weight is 618 g/mol. The van der Waals surface area contributed by atoms with Gasteiger partial charge in [0.1, 0.15) is 12.6 Å². The van der Waals surface area contributed by atoms with Crippen molar-refractivity contribution in [3.8, 4) is 0 Å². The van der Waals surface area contributed by atoms with Crippen LogP contribution in [0.15, 0.2) is 114 Å². The van der Waals surface area contributed by atoms with Crippen molar-refractivity contribution in [2.24, 2.45) is 0 Å². The number of hydrogen-bond donors (Lipinski definition) is 1. The van der Waals surface area contributed by atoms with Gasteiger partial charge in [0.15, 0.2) is 0 Å². The monoisotopic (exact) mass is 617 g/mol. The van der Waals surface area contributed by atoms with Gasteiger partial charge in [-0.3, -0.25) is 13.9 Å². The van der Waals surface area contributed by atoms with Gasteiger partial charge in [-0.15, -0.1) is 0 Å². The molecule has 0 aliphatic carbocycles. The van der Waals surface area contributed by atoms with Crippen LogP contribution in [-0.4, -0.2) is 43.8 Å². The molecule has 0 spiro atoms. The van der Waals surface area contributed by atoms with Crippen LogP contribution in [0.2, 0.25) is 5.02 Å². The van der Waals surface area contributed by atoms with Crippen LogP contribution in [0.1, 0.15) is 30.5 Å². The molecule has 0 aliphatic rings. The number of sulfonamides is 1. The van der Waals surface area contributed by atoms with E-state index in [1.54, 1.807) is 18.2 Å². The molecular weight excluding hydrogens is 582 g/mol. The first-order valence-electron chi connectivity index (χ1n) is 14.1. The Morgan fingerprint density at radius 2 is 1.42 bits per heavy atom. The van der Waals surface area contributed by atoms with Gasteiger partial charge < -0.3 is 10.2 Å². The molecule has 4 rings (SSSR count). The van der Waals surface area contributed by atoms with E-state index in [1.165, 1.54) is 29.2 Å². The maximum absolute atomic E-state index is 14.4. The number of nitrogens with one attached hydrogen (secondary N) is 1. The molecule has 0 fully saturated rings. The molecule has 1 atom stereocenters. The summed E-state index contributed by atoms with van der Waals surface area (Å²) in [6, 6.07) is 30.6. The zero-order chi connectivity index (χ0) is 31.0. The van der Waals surface area contributed by atoms with Crippen LogP contribution in [0.25, 0.3) is 0 Å². The summed E-state index contributed by atoms with van der Waals surface area (Å²) in [5.41, 5.74) is 2.87. The fourth-order valence-corrected chi connectivity index (χ4v) is 6.29. The van der Waals surface area contributed by atoms with Gasteiger partial charge in [-0.1, -0.05) is 84.4 Å². The van der Waals surface area contributed by atoms with E-state index in [0.717, 1.165) is 21.0 Å². The molecule has 0 radical (unpaired) electrons. The number of amides is 2. The fraction of sp³-hybridized carbons (Fsp3) is 0.235. The number of carbonyl (C=O) groups excluding carboxylic acids is 2. The average Bonchev–Trinajstić information content (AvgIpc) is 2.98. The predicted molar refractivity (Wildman–Crippen MR) is 171 cm³/mol. The van der Waals surface area contributed by atoms with Crippen LogP contribution < -0.4 is 9.62 Å². The van der Waals surface area contributed by atoms with E-state index in [-0.39, 0.29) is 29.8 Å².